The number of nitrogens with zero attached hydrogens (tertiary/aromatic N) is 2. The van der Waals surface area contributed by atoms with Gasteiger partial charge in [0.15, 0.2) is 11.6 Å². The van der Waals surface area contributed by atoms with E-state index in [4.69, 9.17) is 0 Å². The highest BCUT2D eigenvalue weighted by Gasteiger charge is 2.16. The molecule has 0 radical (unpaired) electrons. The number of rotatable bonds is 0. The molecule has 9 rings (SSSR count). The number of aliphatic imine (C=N–C) groups is 2. The molecule has 0 aromatic heterocycles. The Morgan fingerprint density at radius 2 is 1.04 bits per heavy atom. The Morgan fingerprint density at radius 1 is 0.630 bits per heavy atom. The molecule has 6 heterocycles. The predicted molar refractivity (Wildman–Crippen MR) is 105 cm³/mol. The predicted octanol–water partition coefficient (Wildman–Crippen LogP) is 5.22. The summed E-state index contributed by atoms with van der Waals surface area (Å²) >= 11 is 0. The fourth-order valence-electron chi connectivity index (χ4n) is 3.17. The van der Waals surface area contributed by atoms with Crippen molar-refractivity contribution in [3.8, 4) is 0 Å². The summed E-state index contributed by atoms with van der Waals surface area (Å²) in [5.74, 6) is -0.166. The third kappa shape index (κ3) is 3.14. The normalized spacial score (nSPS) is 12.8. The van der Waals surface area contributed by atoms with E-state index < -0.39 is 0 Å². The summed E-state index contributed by atoms with van der Waals surface area (Å²) in [6.45, 7) is 3.74. The van der Waals surface area contributed by atoms with Crippen molar-refractivity contribution in [2.45, 2.75) is 13.8 Å². The van der Waals surface area contributed by atoms with Crippen LogP contribution < -0.4 is 0 Å². The second kappa shape index (κ2) is 6.60. The van der Waals surface area contributed by atoms with Crippen LogP contribution in [0.4, 0.5) is 11.4 Å². The summed E-state index contributed by atoms with van der Waals surface area (Å²) in [5.41, 5.74) is 5.31. The van der Waals surface area contributed by atoms with E-state index in [0.29, 0.717) is 33.6 Å². The minimum Gasteiger partial charge on any atom is -0.289 e. The molecule has 0 unspecified atom stereocenters. The second-order valence-electron chi connectivity index (χ2n) is 6.56. The SMILES string of the molecule is Cc1cc2ccc1C(=O)c1ccc(cc1)C(=O)c1ccc(cc1C)N=C=N2. The fraction of sp³-hybridized carbons (Fsp3) is 0.0870. The molecule has 4 nitrogen and oxygen atoms in total. The van der Waals surface area contributed by atoms with Gasteiger partial charge in [-0.15, -0.1) is 0 Å². The first-order valence-corrected chi connectivity index (χ1v) is 8.60. The van der Waals surface area contributed by atoms with Crippen molar-refractivity contribution in [2.24, 2.45) is 9.98 Å². The third-order valence-electron chi connectivity index (χ3n) is 4.68. The number of carbonyl (C=O) groups excluding carboxylic acids is 2. The van der Waals surface area contributed by atoms with E-state index in [2.05, 4.69) is 16.0 Å². The van der Waals surface area contributed by atoms with Crippen LogP contribution >= 0.6 is 0 Å². The van der Waals surface area contributed by atoms with Gasteiger partial charge in [-0.05, 0) is 61.4 Å². The monoisotopic (exact) mass is 352 g/mol. The maximum absolute atomic E-state index is 12.8. The lowest BCUT2D eigenvalue weighted by Crippen LogP contribution is -2.06. The summed E-state index contributed by atoms with van der Waals surface area (Å²) < 4.78 is 0. The van der Waals surface area contributed by atoms with Crippen LogP contribution in [-0.4, -0.2) is 17.6 Å². The average Bonchev–Trinajstić information content (AvgIpc) is 2.67. The number of aryl methyl sites for hydroxylation is 2. The highest BCUT2D eigenvalue weighted by atomic mass is 16.1. The molecule has 6 aliphatic rings. The summed E-state index contributed by atoms with van der Waals surface area (Å²) in [5, 5.41) is 0. The molecule has 4 heteroatoms. The van der Waals surface area contributed by atoms with Gasteiger partial charge in [-0.3, -0.25) is 9.59 Å². The van der Waals surface area contributed by atoms with Gasteiger partial charge >= 0.3 is 0 Å². The largest absolute Gasteiger partial charge is 0.289 e. The fourth-order valence-corrected chi connectivity index (χ4v) is 3.17. The molecule has 0 aliphatic carbocycles. The molecule has 0 saturated heterocycles. The van der Waals surface area contributed by atoms with Crippen LogP contribution in [0.25, 0.3) is 0 Å². The molecule has 0 amide bonds. The molecule has 27 heavy (non-hydrogen) atoms. The Kier molecular flexibility index (Phi) is 4.11. The van der Waals surface area contributed by atoms with E-state index in [1.807, 2.05) is 26.0 Å². The molecule has 0 fully saturated rings. The lowest BCUT2D eigenvalue weighted by atomic mass is 9.95. The lowest BCUT2D eigenvalue weighted by Gasteiger charge is -2.08. The van der Waals surface area contributed by atoms with Gasteiger partial charge in [0, 0.05) is 22.3 Å². The van der Waals surface area contributed by atoms with Crippen LogP contribution in [0.3, 0.4) is 0 Å². The molecule has 0 atom stereocenters. The van der Waals surface area contributed by atoms with Gasteiger partial charge in [0.25, 0.3) is 0 Å². The maximum Gasteiger partial charge on any atom is 0.193 e. The number of hydrogen-bond acceptors (Lipinski definition) is 4. The summed E-state index contributed by atoms with van der Waals surface area (Å²) in [6, 6.07) is 20.2. The Morgan fingerprint density at radius 3 is 1.41 bits per heavy atom. The van der Waals surface area contributed by atoms with E-state index in [9.17, 15) is 9.59 Å². The molecular weight excluding hydrogens is 336 g/mol. The molecule has 0 spiro atoms. The minimum absolute atomic E-state index is 0.0832. The smallest absolute Gasteiger partial charge is 0.193 e. The van der Waals surface area contributed by atoms with Crippen LogP contribution in [0, 0.1) is 13.8 Å². The van der Waals surface area contributed by atoms with Crippen LogP contribution in [-0.2, 0) is 0 Å². The quantitative estimate of drug-likeness (QED) is 0.436. The van der Waals surface area contributed by atoms with Gasteiger partial charge in [0.05, 0.1) is 11.4 Å². The van der Waals surface area contributed by atoms with Crippen LogP contribution in [0.1, 0.15) is 43.0 Å². The lowest BCUT2D eigenvalue weighted by molar-refractivity contribution is 0.102. The van der Waals surface area contributed by atoms with Crippen molar-refractivity contribution in [3.63, 3.8) is 0 Å². The van der Waals surface area contributed by atoms with E-state index >= 15 is 0 Å². The summed E-state index contributed by atoms with van der Waals surface area (Å²) in [6.07, 6.45) is 0. The molecule has 6 aliphatic heterocycles. The zero-order valence-corrected chi connectivity index (χ0v) is 15.0. The molecule has 0 saturated carbocycles. The van der Waals surface area contributed by atoms with Crippen molar-refractivity contribution in [1.82, 2.24) is 0 Å². The number of benzene rings is 3. The van der Waals surface area contributed by atoms with E-state index in [-0.39, 0.29) is 11.6 Å². The Balaban J connectivity index is 1.94. The third-order valence-corrected chi connectivity index (χ3v) is 4.68. The van der Waals surface area contributed by atoms with E-state index in [1.165, 1.54) is 0 Å². The Hall–Kier alpha value is -3.62. The van der Waals surface area contributed by atoms with Gasteiger partial charge in [0.1, 0.15) is 6.01 Å². The zero-order chi connectivity index (χ0) is 19.0. The van der Waals surface area contributed by atoms with Gasteiger partial charge in [-0.25, -0.2) is 0 Å². The Labute approximate surface area is 156 Å². The highest BCUT2D eigenvalue weighted by Crippen LogP contribution is 2.23. The molecule has 130 valence electrons. The molecule has 3 aromatic carbocycles. The first kappa shape index (κ1) is 16.8. The van der Waals surface area contributed by atoms with Gasteiger partial charge in [0.2, 0.25) is 0 Å². The van der Waals surface area contributed by atoms with Crippen molar-refractivity contribution in [2.75, 3.05) is 0 Å². The van der Waals surface area contributed by atoms with Crippen LogP contribution in [0.5, 0.6) is 0 Å². The summed E-state index contributed by atoms with van der Waals surface area (Å²) in [4.78, 5) is 34.1. The van der Waals surface area contributed by atoms with Crippen molar-refractivity contribution >= 4 is 28.9 Å². The van der Waals surface area contributed by atoms with Crippen molar-refractivity contribution in [1.29, 1.82) is 0 Å². The van der Waals surface area contributed by atoms with Crippen LogP contribution in [0.15, 0.2) is 70.6 Å². The van der Waals surface area contributed by atoms with Gasteiger partial charge in [-0.2, -0.15) is 9.98 Å². The van der Waals surface area contributed by atoms with Crippen LogP contribution in [0.2, 0.25) is 0 Å². The minimum atomic E-state index is -0.0832. The van der Waals surface area contributed by atoms with E-state index in [1.54, 1.807) is 48.5 Å². The molecule has 3 aromatic rings. The molecular formula is C23H16N2O2. The molecule has 0 N–H and O–H groups in total. The van der Waals surface area contributed by atoms with Gasteiger partial charge in [-0.1, -0.05) is 24.3 Å². The van der Waals surface area contributed by atoms with Gasteiger partial charge < -0.3 is 0 Å². The maximum atomic E-state index is 12.8. The van der Waals surface area contributed by atoms with Crippen molar-refractivity contribution < 1.29 is 9.59 Å². The zero-order valence-electron chi connectivity index (χ0n) is 15.0. The highest BCUT2D eigenvalue weighted by molar-refractivity contribution is 6.12. The first-order valence-electron chi connectivity index (χ1n) is 8.60. The van der Waals surface area contributed by atoms with E-state index in [0.717, 1.165) is 11.1 Å². The summed E-state index contributed by atoms with van der Waals surface area (Å²) in [7, 11) is 0. The second-order valence-corrected chi connectivity index (χ2v) is 6.56. The average molecular weight is 352 g/mol. The standard InChI is InChI=1S/C23H16N2O2/c1-14-11-18-7-9-20(14)22(26)16-3-5-17(6-4-16)23(27)21-10-8-19(12-15(21)2)25-13-24-18/h3-12H,1-2H3. The number of hydrogen-bond donors (Lipinski definition) is 0. The first-order chi connectivity index (χ1) is 13.0. The Bertz CT molecular complexity index is 1060. The molecule has 6 bridgehead atoms. The number of carbonyl (C=O) groups is 2. The van der Waals surface area contributed by atoms with Crippen molar-refractivity contribution in [3.05, 3.63) is 94.0 Å². The topological polar surface area (TPSA) is 58.9 Å². The number of ketones is 2.